The van der Waals surface area contributed by atoms with Gasteiger partial charge in [-0.05, 0) is 46.8 Å². The zero-order chi connectivity index (χ0) is 28.6. The van der Waals surface area contributed by atoms with Crippen LogP contribution >= 0.6 is 0 Å². The van der Waals surface area contributed by atoms with E-state index in [1.807, 2.05) is 0 Å². The van der Waals surface area contributed by atoms with Gasteiger partial charge in [0.2, 0.25) is 5.91 Å². The van der Waals surface area contributed by atoms with E-state index in [1.54, 1.807) is 40.7 Å². The average Bonchev–Trinajstić information content (AvgIpc) is 3.36. The van der Waals surface area contributed by atoms with E-state index in [9.17, 15) is 19.2 Å². The van der Waals surface area contributed by atoms with Crippen molar-refractivity contribution in [3.63, 3.8) is 0 Å². The Balaban J connectivity index is 1.53. The van der Waals surface area contributed by atoms with Gasteiger partial charge in [0.15, 0.2) is 0 Å². The molecule has 2 aromatic rings. The van der Waals surface area contributed by atoms with E-state index in [2.05, 4.69) is 30.9 Å². The summed E-state index contributed by atoms with van der Waals surface area (Å²) in [6.45, 7) is 10.1. The number of carbonyl (C=O) groups excluding carboxylic acids is 4. The van der Waals surface area contributed by atoms with Gasteiger partial charge in [-0.15, -0.1) is 0 Å². The molecule has 0 fully saturated rings. The van der Waals surface area contributed by atoms with Crippen molar-refractivity contribution >= 4 is 41.2 Å². The highest BCUT2D eigenvalue weighted by atomic mass is 16.6. The molecule has 0 atom stereocenters. The predicted octanol–water partition coefficient (Wildman–Crippen LogP) is 1.98. The third-order valence-electron chi connectivity index (χ3n) is 5.16. The van der Waals surface area contributed by atoms with Crippen LogP contribution in [0.5, 0.6) is 0 Å². The second-order valence-electron chi connectivity index (χ2n) is 9.63. The van der Waals surface area contributed by atoms with Gasteiger partial charge < -0.3 is 35.1 Å². The molecular weight excluding hydrogens is 508 g/mol. The molecule has 3 amide bonds. The predicted molar refractivity (Wildman–Crippen MR) is 142 cm³/mol. The van der Waals surface area contributed by atoms with Crippen LogP contribution in [0, 0.1) is 6.92 Å². The maximum Gasteiger partial charge on any atom is 0.407 e. The van der Waals surface area contributed by atoms with Gasteiger partial charge in [0.25, 0.3) is 5.91 Å². The molecule has 0 unspecified atom stereocenters. The third kappa shape index (κ3) is 8.64. The molecule has 0 aliphatic carbocycles. The Morgan fingerprint density at radius 1 is 1.13 bits per heavy atom. The van der Waals surface area contributed by atoms with Crippen molar-refractivity contribution in [2.24, 2.45) is 0 Å². The monoisotopic (exact) mass is 542 g/mol. The molecule has 13 nitrogen and oxygen atoms in total. The molecule has 1 aliphatic rings. The molecule has 2 aromatic heterocycles. The van der Waals surface area contributed by atoms with Gasteiger partial charge in [0.05, 0.1) is 55.0 Å². The van der Waals surface area contributed by atoms with Gasteiger partial charge in [0, 0.05) is 18.8 Å². The summed E-state index contributed by atoms with van der Waals surface area (Å²) < 4.78 is 15.6. The number of amides is 3. The molecule has 0 bridgehead atoms. The Labute approximate surface area is 226 Å². The summed E-state index contributed by atoms with van der Waals surface area (Å²) in [4.78, 5) is 60.5. The van der Waals surface area contributed by atoms with E-state index in [1.165, 1.54) is 12.3 Å². The van der Waals surface area contributed by atoms with Crippen LogP contribution in [0.15, 0.2) is 12.3 Å². The number of H-pyrrole nitrogens is 1. The molecule has 0 saturated carbocycles. The number of ether oxygens (including phenoxy) is 3. The van der Waals surface area contributed by atoms with Crippen molar-refractivity contribution in [3.8, 4) is 0 Å². The smallest absolute Gasteiger partial charge is 0.407 e. The standard InChI is InChI=1S/C26H34N6O7/c1-6-38-24(35)16-11-15(2)30-18(16)12-17-22-19(31-23(17)34)14-29-20(32-22)13-21(33)27-7-9-37-10-8-28-25(36)39-26(3,4)5/h11-12,14,30H,6-10,13H2,1-5H3,(H,27,33)(H,28,36)(H,31,34)/b17-12-. The fraction of sp³-hybridized carbons (Fsp3) is 0.462. The van der Waals surface area contributed by atoms with E-state index < -0.39 is 23.6 Å². The first-order valence-electron chi connectivity index (χ1n) is 12.5. The van der Waals surface area contributed by atoms with Gasteiger partial charge in [-0.1, -0.05) is 0 Å². The summed E-state index contributed by atoms with van der Waals surface area (Å²) in [5, 5.41) is 7.99. The fourth-order valence-electron chi connectivity index (χ4n) is 3.59. The minimum absolute atomic E-state index is 0.107. The van der Waals surface area contributed by atoms with Crippen molar-refractivity contribution in [1.29, 1.82) is 0 Å². The second kappa shape index (κ2) is 13.0. The lowest BCUT2D eigenvalue weighted by Crippen LogP contribution is -2.35. The number of aromatic nitrogens is 3. The number of carbonyl (C=O) groups is 4. The summed E-state index contributed by atoms with van der Waals surface area (Å²) in [6.07, 6.45) is 2.35. The summed E-state index contributed by atoms with van der Waals surface area (Å²) in [6, 6.07) is 1.65. The molecule has 13 heteroatoms. The SMILES string of the molecule is CCOC(=O)c1cc(C)[nH]c1/C=C1\C(=O)Nc2cnc(CC(=O)NCCOCCNC(=O)OC(C)(C)C)nc21. The lowest BCUT2D eigenvalue weighted by molar-refractivity contribution is -0.120. The van der Waals surface area contributed by atoms with Crippen LogP contribution in [0.3, 0.4) is 0 Å². The van der Waals surface area contributed by atoms with Crippen LogP contribution in [0.25, 0.3) is 11.6 Å². The van der Waals surface area contributed by atoms with Gasteiger partial charge in [-0.25, -0.2) is 19.6 Å². The Hall–Kier alpha value is -4.26. The van der Waals surface area contributed by atoms with Gasteiger partial charge in [-0.3, -0.25) is 9.59 Å². The van der Waals surface area contributed by atoms with Crippen LogP contribution in [0.1, 0.15) is 61.0 Å². The van der Waals surface area contributed by atoms with Crippen LogP contribution in [-0.4, -0.2) is 77.3 Å². The van der Waals surface area contributed by atoms with Crippen molar-refractivity contribution in [2.45, 2.75) is 46.6 Å². The average molecular weight is 543 g/mol. The minimum Gasteiger partial charge on any atom is -0.462 e. The van der Waals surface area contributed by atoms with Gasteiger partial charge >= 0.3 is 12.1 Å². The Kier molecular flexibility index (Phi) is 9.77. The number of fused-ring (bicyclic) bond motifs is 1. The van der Waals surface area contributed by atoms with Gasteiger partial charge in [0.1, 0.15) is 17.1 Å². The Morgan fingerprint density at radius 3 is 2.54 bits per heavy atom. The van der Waals surface area contributed by atoms with E-state index in [-0.39, 0.29) is 56.6 Å². The van der Waals surface area contributed by atoms with Crippen LogP contribution in [-0.2, 0) is 30.2 Å². The summed E-state index contributed by atoms with van der Waals surface area (Å²) in [7, 11) is 0. The lowest BCUT2D eigenvalue weighted by Gasteiger charge is -2.19. The molecule has 3 rings (SSSR count). The first kappa shape index (κ1) is 29.3. The number of alkyl carbamates (subject to hydrolysis) is 1. The summed E-state index contributed by atoms with van der Waals surface area (Å²) >= 11 is 0. The Bertz CT molecular complexity index is 1260. The first-order valence-corrected chi connectivity index (χ1v) is 12.5. The van der Waals surface area contributed by atoms with Crippen molar-refractivity contribution in [3.05, 3.63) is 40.7 Å². The molecule has 3 heterocycles. The Morgan fingerprint density at radius 2 is 1.85 bits per heavy atom. The largest absolute Gasteiger partial charge is 0.462 e. The molecule has 0 saturated heterocycles. The highest BCUT2D eigenvalue weighted by Gasteiger charge is 2.28. The maximum atomic E-state index is 12.6. The number of anilines is 1. The molecule has 210 valence electrons. The number of aromatic amines is 1. The first-order chi connectivity index (χ1) is 18.5. The van der Waals surface area contributed by atoms with Crippen LogP contribution in [0.2, 0.25) is 0 Å². The number of esters is 1. The zero-order valence-corrected chi connectivity index (χ0v) is 22.7. The molecule has 0 aromatic carbocycles. The number of aryl methyl sites for hydroxylation is 1. The third-order valence-corrected chi connectivity index (χ3v) is 5.16. The van der Waals surface area contributed by atoms with Crippen LogP contribution < -0.4 is 16.0 Å². The van der Waals surface area contributed by atoms with Crippen LogP contribution in [0.4, 0.5) is 10.5 Å². The fourth-order valence-corrected chi connectivity index (χ4v) is 3.59. The molecule has 39 heavy (non-hydrogen) atoms. The number of rotatable bonds is 11. The van der Waals surface area contributed by atoms with E-state index in [4.69, 9.17) is 14.2 Å². The lowest BCUT2D eigenvalue weighted by atomic mass is 10.1. The molecule has 1 aliphatic heterocycles. The number of nitrogens with one attached hydrogen (secondary N) is 4. The summed E-state index contributed by atoms with van der Waals surface area (Å²) in [5.74, 6) is -1.00. The van der Waals surface area contributed by atoms with Crippen molar-refractivity contribution < 1.29 is 33.4 Å². The molecule has 0 radical (unpaired) electrons. The molecule has 0 spiro atoms. The number of hydrogen-bond acceptors (Lipinski definition) is 9. The van der Waals surface area contributed by atoms with E-state index in [0.29, 0.717) is 22.6 Å². The summed E-state index contributed by atoms with van der Waals surface area (Å²) in [5.41, 5.74) is 1.85. The number of hydrogen-bond donors (Lipinski definition) is 4. The number of nitrogens with zero attached hydrogens (tertiary/aromatic N) is 2. The normalized spacial score (nSPS) is 13.6. The minimum atomic E-state index is -0.573. The zero-order valence-electron chi connectivity index (χ0n) is 22.7. The van der Waals surface area contributed by atoms with Crippen molar-refractivity contribution in [2.75, 3.05) is 38.2 Å². The van der Waals surface area contributed by atoms with E-state index in [0.717, 1.165) is 5.69 Å². The van der Waals surface area contributed by atoms with E-state index >= 15 is 0 Å². The maximum absolute atomic E-state index is 12.6. The highest BCUT2D eigenvalue weighted by Crippen LogP contribution is 2.31. The topological polar surface area (TPSA) is 174 Å². The second-order valence-corrected chi connectivity index (χ2v) is 9.63. The molecular formula is C26H34N6O7. The van der Waals surface area contributed by atoms with Gasteiger partial charge in [-0.2, -0.15) is 0 Å². The quantitative estimate of drug-likeness (QED) is 0.188. The molecule has 4 N–H and O–H groups in total. The highest BCUT2D eigenvalue weighted by molar-refractivity contribution is 6.34. The van der Waals surface area contributed by atoms with Crippen molar-refractivity contribution in [1.82, 2.24) is 25.6 Å².